The van der Waals surface area contributed by atoms with Gasteiger partial charge in [0, 0.05) is 37.6 Å². The zero-order chi connectivity index (χ0) is 19.9. The molecule has 28 heavy (non-hydrogen) atoms. The van der Waals surface area contributed by atoms with Crippen LogP contribution in [0.1, 0.15) is 16.7 Å². The molecule has 0 spiro atoms. The van der Waals surface area contributed by atoms with Crippen LogP contribution in [0.25, 0.3) is 11.3 Å². The summed E-state index contributed by atoms with van der Waals surface area (Å²) < 4.78 is 0. The predicted octanol–water partition coefficient (Wildman–Crippen LogP) is 3.03. The van der Waals surface area contributed by atoms with Crippen LogP contribution in [0.4, 0.5) is 11.8 Å². The van der Waals surface area contributed by atoms with Crippen LogP contribution in [-0.2, 0) is 0 Å². The van der Waals surface area contributed by atoms with Crippen LogP contribution in [0.15, 0.2) is 53.9 Å². The third-order valence-electron chi connectivity index (χ3n) is 4.39. The maximum Gasteiger partial charge on any atom is 0.227 e. The van der Waals surface area contributed by atoms with E-state index >= 15 is 0 Å². The van der Waals surface area contributed by atoms with Gasteiger partial charge in [0.05, 0.1) is 18.5 Å². The van der Waals surface area contributed by atoms with E-state index in [4.69, 9.17) is 0 Å². The number of anilines is 2. The van der Waals surface area contributed by atoms with Crippen LogP contribution in [0.2, 0.25) is 0 Å². The van der Waals surface area contributed by atoms with E-state index in [1.54, 1.807) is 23.5 Å². The first kappa shape index (κ1) is 19.4. The Bertz CT molecular complexity index is 958. The largest absolute Gasteiger partial charge is 0.395 e. The second kappa shape index (κ2) is 9.05. The van der Waals surface area contributed by atoms with Gasteiger partial charge in [0.2, 0.25) is 5.95 Å². The molecule has 0 fully saturated rings. The van der Waals surface area contributed by atoms with Crippen molar-refractivity contribution in [2.24, 2.45) is 5.10 Å². The number of aryl methyl sites for hydroxylation is 2. The van der Waals surface area contributed by atoms with Crippen molar-refractivity contribution < 1.29 is 5.11 Å². The molecule has 1 aromatic carbocycles. The summed E-state index contributed by atoms with van der Waals surface area (Å²) >= 11 is 0. The number of rotatable bonds is 7. The highest BCUT2D eigenvalue weighted by atomic mass is 16.3. The van der Waals surface area contributed by atoms with Gasteiger partial charge in [0.1, 0.15) is 0 Å². The predicted molar refractivity (Wildman–Crippen MR) is 113 cm³/mol. The molecule has 0 atom stereocenters. The van der Waals surface area contributed by atoms with Crippen LogP contribution < -0.4 is 10.3 Å². The van der Waals surface area contributed by atoms with E-state index in [2.05, 4.69) is 51.5 Å². The zero-order valence-electron chi connectivity index (χ0n) is 16.3. The summed E-state index contributed by atoms with van der Waals surface area (Å²) in [6, 6.07) is 11.8. The van der Waals surface area contributed by atoms with Crippen LogP contribution in [0, 0.1) is 13.8 Å². The number of pyridine rings is 1. The fourth-order valence-electron chi connectivity index (χ4n) is 2.60. The molecular formula is C21H24N6O. The standard InChI is InChI=1S/C21H24N6O/c1-15-4-5-17(12-16(15)2)14-23-26-20-13-19(18-6-8-22-9-7-18)24-21(25-20)27(3)10-11-28/h4-9,12-14,28H,10-11H2,1-3H3,(H,24,25,26). The van der Waals surface area contributed by atoms with Crippen LogP contribution in [0.3, 0.4) is 0 Å². The smallest absolute Gasteiger partial charge is 0.227 e. The third kappa shape index (κ3) is 4.89. The number of nitrogens with one attached hydrogen (secondary N) is 1. The van der Waals surface area contributed by atoms with E-state index in [1.165, 1.54) is 11.1 Å². The van der Waals surface area contributed by atoms with Crippen LogP contribution in [0.5, 0.6) is 0 Å². The Kier molecular flexibility index (Phi) is 6.29. The van der Waals surface area contributed by atoms with E-state index in [9.17, 15) is 5.11 Å². The van der Waals surface area contributed by atoms with Gasteiger partial charge in [0.25, 0.3) is 0 Å². The highest BCUT2D eigenvalue weighted by molar-refractivity contribution is 5.80. The Morgan fingerprint density at radius 3 is 2.57 bits per heavy atom. The molecule has 0 radical (unpaired) electrons. The Morgan fingerprint density at radius 1 is 1.07 bits per heavy atom. The summed E-state index contributed by atoms with van der Waals surface area (Å²) in [5.41, 5.74) is 8.15. The van der Waals surface area contributed by atoms with Gasteiger partial charge in [-0.1, -0.05) is 18.2 Å². The zero-order valence-corrected chi connectivity index (χ0v) is 16.3. The van der Waals surface area contributed by atoms with Gasteiger partial charge in [-0.15, -0.1) is 0 Å². The number of aliphatic hydroxyl groups is 1. The Balaban J connectivity index is 1.87. The van der Waals surface area contributed by atoms with Crippen molar-refractivity contribution >= 4 is 18.0 Å². The molecule has 3 aromatic rings. The molecular weight excluding hydrogens is 352 g/mol. The minimum Gasteiger partial charge on any atom is -0.395 e. The summed E-state index contributed by atoms with van der Waals surface area (Å²) in [5, 5.41) is 13.5. The Hall–Kier alpha value is -3.32. The average Bonchev–Trinajstić information content (AvgIpc) is 2.71. The number of benzene rings is 1. The number of likely N-dealkylation sites (N-methyl/N-ethyl adjacent to an activating group) is 1. The fourth-order valence-corrected chi connectivity index (χ4v) is 2.60. The van der Waals surface area contributed by atoms with Gasteiger partial charge < -0.3 is 10.0 Å². The molecule has 2 heterocycles. The molecule has 0 unspecified atom stereocenters. The molecule has 0 amide bonds. The van der Waals surface area contributed by atoms with Crippen molar-refractivity contribution in [3.05, 3.63) is 65.5 Å². The maximum absolute atomic E-state index is 9.22. The van der Waals surface area contributed by atoms with Crippen LogP contribution >= 0.6 is 0 Å². The van der Waals surface area contributed by atoms with E-state index in [1.807, 2.05) is 31.3 Å². The summed E-state index contributed by atoms with van der Waals surface area (Å²) in [5.74, 6) is 1.08. The van der Waals surface area contributed by atoms with Crippen molar-refractivity contribution in [2.75, 3.05) is 30.5 Å². The SMILES string of the molecule is Cc1ccc(C=NNc2cc(-c3ccncc3)nc(N(C)CCO)n2)cc1C. The number of hydrogen-bond donors (Lipinski definition) is 2. The van der Waals surface area contributed by atoms with Gasteiger partial charge in [-0.3, -0.25) is 10.4 Å². The fraction of sp³-hybridized carbons (Fsp3) is 0.238. The minimum atomic E-state index is 0.0209. The van der Waals surface area contributed by atoms with Gasteiger partial charge in [-0.25, -0.2) is 4.98 Å². The normalized spacial score (nSPS) is 11.0. The van der Waals surface area contributed by atoms with Crippen LogP contribution in [-0.4, -0.2) is 46.5 Å². The van der Waals surface area contributed by atoms with E-state index in [-0.39, 0.29) is 6.61 Å². The molecule has 0 aliphatic rings. The lowest BCUT2D eigenvalue weighted by molar-refractivity contribution is 0.303. The number of aliphatic hydroxyl groups excluding tert-OH is 1. The number of hydrogen-bond acceptors (Lipinski definition) is 7. The summed E-state index contributed by atoms with van der Waals surface area (Å²) in [6.07, 6.45) is 5.21. The molecule has 0 aliphatic heterocycles. The maximum atomic E-state index is 9.22. The molecule has 2 N–H and O–H groups in total. The molecule has 2 aromatic heterocycles. The molecule has 7 heteroatoms. The first-order valence-corrected chi connectivity index (χ1v) is 9.04. The van der Waals surface area contributed by atoms with E-state index in [0.717, 1.165) is 16.8 Å². The lowest BCUT2D eigenvalue weighted by Gasteiger charge is -2.17. The average molecular weight is 376 g/mol. The second-order valence-electron chi connectivity index (χ2n) is 6.53. The highest BCUT2D eigenvalue weighted by Crippen LogP contribution is 2.22. The molecule has 0 saturated heterocycles. The first-order chi connectivity index (χ1) is 13.6. The van der Waals surface area contributed by atoms with Crippen molar-refractivity contribution in [3.8, 4) is 11.3 Å². The molecule has 3 rings (SSSR count). The molecule has 7 nitrogen and oxygen atoms in total. The lowest BCUT2D eigenvalue weighted by atomic mass is 10.1. The Labute approximate surface area is 164 Å². The molecule has 144 valence electrons. The Morgan fingerprint density at radius 2 is 1.86 bits per heavy atom. The monoisotopic (exact) mass is 376 g/mol. The third-order valence-corrected chi connectivity index (χ3v) is 4.39. The number of nitrogens with zero attached hydrogens (tertiary/aromatic N) is 5. The van der Waals surface area contributed by atoms with Gasteiger partial charge in [0.15, 0.2) is 5.82 Å². The summed E-state index contributed by atoms with van der Waals surface area (Å²) in [6.45, 7) is 4.62. The minimum absolute atomic E-state index is 0.0209. The molecule has 0 saturated carbocycles. The summed E-state index contributed by atoms with van der Waals surface area (Å²) in [7, 11) is 1.84. The van der Waals surface area contributed by atoms with Crippen molar-refractivity contribution in [1.29, 1.82) is 0 Å². The van der Waals surface area contributed by atoms with Gasteiger partial charge in [-0.2, -0.15) is 10.1 Å². The molecule has 0 aliphatic carbocycles. The van der Waals surface area contributed by atoms with E-state index < -0.39 is 0 Å². The number of hydrazone groups is 1. The van der Waals surface area contributed by atoms with Crippen molar-refractivity contribution in [3.63, 3.8) is 0 Å². The quantitative estimate of drug-likeness (QED) is 0.487. The second-order valence-corrected chi connectivity index (χ2v) is 6.53. The first-order valence-electron chi connectivity index (χ1n) is 9.04. The molecule has 0 bridgehead atoms. The summed E-state index contributed by atoms with van der Waals surface area (Å²) in [4.78, 5) is 14.9. The topological polar surface area (TPSA) is 86.5 Å². The van der Waals surface area contributed by atoms with Crippen molar-refractivity contribution in [1.82, 2.24) is 15.0 Å². The van der Waals surface area contributed by atoms with E-state index in [0.29, 0.717) is 18.3 Å². The highest BCUT2D eigenvalue weighted by Gasteiger charge is 2.10. The lowest BCUT2D eigenvalue weighted by Crippen LogP contribution is -2.23. The van der Waals surface area contributed by atoms with Crippen molar-refractivity contribution in [2.45, 2.75) is 13.8 Å². The van der Waals surface area contributed by atoms with Gasteiger partial charge >= 0.3 is 0 Å². The number of aromatic nitrogens is 3. The van der Waals surface area contributed by atoms with Gasteiger partial charge in [-0.05, 0) is 42.7 Å².